The van der Waals surface area contributed by atoms with Crippen LogP contribution in [0.25, 0.3) is 0 Å². The standard InChI is InChI=1S/C12H18ClN3O3S/c1-8(2)16-12(17)5-6-15-20(18,19)11-4-3-9(14)7-10(11)13/h3-4,7-8,15H,5-6,14H2,1-2H3,(H,16,17). The van der Waals surface area contributed by atoms with E-state index in [9.17, 15) is 13.2 Å². The Labute approximate surface area is 123 Å². The molecule has 0 aromatic heterocycles. The van der Waals surface area contributed by atoms with Crippen LogP contribution in [0.1, 0.15) is 20.3 Å². The molecule has 0 heterocycles. The molecule has 0 atom stereocenters. The summed E-state index contributed by atoms with van der Waals surface area (Å²) in [4.78, 5) is 11.3. The molecule has 20 heavy (non-hydrogen) atoms. The normalized spacial score (nSPS) is 11.6. The van der Waals surface area contributed by atoms with Gasteiger partial charge in [0.05, 0.1) is 5.02 Å². The van der Waals surface area contributed by atoms with E-state index in [2.05, 4.69) is 10.0 Å². The lowest BCUT2D eigenvalue weighted by molar-refractivity contribution is -0.121. The summed E-state index contributed by atoms with van der Waals surface area (Å²) in [5.41, 5.74) is 5.88. The van der Waals surface area contributed by atoms with Crippen LogP contribution >= 0.6 is 11.6 Å². The lowest BCUT2D eigenvalue weighted by atomic mass is 10.3. The van der Waals surface area contributed by atoms with Gasteiger partial charge in [0, 0.05) is 24.7 Å². The zero-order valence-electron chi connectivity index (χ0n) is 11.3. The molecule has 0 saturated carbocycles. The quantitative estimate of drug-likeness (QED) is 0.684. The minimum atomic E-state index is -3.75. The van der Waals surface area contributed by atoms with Crippen LogP contribution in [0.15, 0.2) is 23.1 Å². The van der Waals surface area contributed by atoms with E-state index in [1.54, 1.807) is 0 Å². The number of nitrogen functional groups attached to an aromatic ring is 1. The summed E-state index contributed by atoms with van der Waals surface area (Å²) in [6.07, 6.45) is 0.0595. The third kappa shape index (κ3) is 4.99. The fourth-order valence-electron chi connectivity index (χ4n) is 1.51. The smallest absolute Gasteiger partial charge is 0.242 e. The molecule has 0 radical (unpaired) electrons. The second kappa shape index (κ2) is 6.92. The fourth-order valence-corrected chi connectivity index (χ4v) is 3.09. The third-order valence-corrected chi connectivity index (χ3v) is 4.28. The van der Waals surface area contributed by atoms with E-state index in [1.807, 2.05) is 13.8 Å². The highest BCUT2D eigenvalue weighted by atomic mass is 35.5. The number of nitrogens with two attached hydrogens (primary N) is 1. The van der Waals surface area contributed by atoms with Gasteiger partial charge in [0.15, 0.2) is 0 Å². The number of hydrogen-bond acceptors (Lipinski definition) is 4. The Morgan fingerprint density at radius 1 is 1.40 bits per heavy atom. The summed E-state index contributed by atoms with van der Waals surface area (Å²) in [7, 11) is -3.75. The highest BCUT2D eigenvalue weighted by molar-refractivity contribution is 7.89. The molecule has 0 bridgehead atoms. The first kappa shape index (κ1) is 16.7. The highest BCUT2D eigenvalue weighted by Crippen LogP contribution is 2.23. The summed E-state index contributed by atoms with van der Waals surface area (Å²) >= 11 is 5.85. The van der Waals surface area contributed by atoms with E-state index in [0.29, 0.717) is 5.69 Å². The number of sulfonamides is 1. The second-order valence-corrected chi connectivity index (χ2v) is 6.70. The fraction of sp³-hybridized carbons (Fsp3) is 0.417. The number of benzene rings is 1. The van der Waals surface area contributed by atoms with Crippen molar-refractivity contribution in [3.05, 3.63) is 23.2 Å². The predicted octanol–water partition coefficient (Wildman–Crippen LogP) is 1.12. The molecule has 112 valence electrons. The Morgan fingerprint density at radius 3 is 2.60 bits per heavy atom. The highest BCUT2D eigenvalue weighted by Gasteiger charge is 2.18. The molecule has 0 unspecified atom stereocenters. The van der Waals surface area contributed by atoms with Gasteiger partial charge in [-0.1, -0.05) is 11.6 Å². The van der Waals surface area contributed by atoms with Gasteiger partial charge in [-0.15, -0.1) is 0 Å². The van der Waals surface area contributed by atoms with Crippen molar-refractivity contribution in [1.82, 2.24) is 10.0 Å². The van der Waals surface area contributed by atoms with Gasteiger partial charge in [0.2, 0.25) is 15.9 Å². The molecule has 0 aliphatic rings. The van der Waals surface area contributed by atoms with Crippen molar-refractivity contribution in [2.45, 2.75) is 31.2 Å². The summed E-state index contributed by atoms with van der Waals surface area (Å²) in [6, 6.07) is 4.16. The molecule has 1 aromatic rings. The average Bonchev–Trinajstić information content (AvgIpc) is 2.26. The minimum Gasteiger partial charge on any atom is -0.399 e. The van der Waals surface area contributed by atoms with E-state index in [4.69, 9.17) is 17.3 Å². The second-order valence-electron chi connectivity index (χ2n) is 4.56. The van der Waals surface area contributed by atoms with Gasteiger partial charge in [-0.2, -0.15) is 0 Å². The molecule has 0 aliphatic heterocycles. The summed E-state index contributed by atoms with van der Waals surface area (Å²) in [6.45, 7) is 3.66. The van der Waals surface area contributed by atoms with Crippen LogP contribution < -0.4 is 15.8 Å². The number of carbonyl (C=O) groups excluding carboxylic acids is 1. The van der Waals surface area contributed by atoms with Crippen LogP contribution in [0.2, 0.25) is 5.02 Å². The van der Waals surface area contributed by atoms with Crippen LogP contribution in [0.4, 0.5) is 5.69 Å². The van der Waals surface area contributed by atoms with Crippen molar-refractivity contribution in [3.63, 3.8) is 0 Å². The van der Waals surface area contributed by atoms with Crippen molar-refractivity contribution in [2.75, 3.05) is 12.3 Å². The first-order chi connectivity index (χ1) is 9.22. The molecule has 0 saturated heterocycles. The zero-order chi connectivity index (χ0) is 15.3. The number of carbonyl (C=O) groups is 1. The first-order valence-corrected chi connectivity index (χ1v) is 7.92. The first-order valence-electron chi connectivity index (χ1n) is 6.06. The number of nitrogens with one attached hydrogen (secondary N) is 2. The summed E-state index contributed by atoms with van der Waals surface area (Å²) < 4.78 is 26.3. The van der Waals surface area contributed by atoms with Crippen LogP contribution in [0, 0.1) is 0 Å². The monoisotopic (exact) mass is 319 g/mol. The third-order valence-electron chi connectivity index (χ3n) is 2.34. The van der Waals surface area contributed by atoms with Crippen molar-refractivity contribution < 1.29 is 13.2 Å². The van der Waals surface area contributed by atoms with Gasteiger partial charge in [0.25, 0.3) is 0 Å². The summed E-state index contributed by atoms with van der Waals surface area (Å²) in [5, 5.41) is 2.72. The van der Waals surface area contributed by atoms with Crippen molar-refractivity contribution >= 4 is 33.2 Å². The lowest BCUT2D eigenvalue weighted by Gasteiger charge is -2.10. The predicted molar refractivity (Wildman–Crippen MR) is 78.9 cm³/mol. The lowest BCUT2D eigenvalue weighted by Crippen LogP contribution is -2.34. The molecule has 0 fully saturated rings. The number of halogens is 1. The minimum absolute atomic E-state index is 0.00158. The Balaban J connectivity index is 2.64. The molecule has 0 aliphatic carbocycles. The average molecular weight is 320 g/mol. The molecule has 1 aromatic carbocycles. The van der Waals surface area contributed by atoms with Gasteiger partial charge < -0.3 is 11.1 Å². The Kier molecular flexibility index (Phi) is 5.79. The van der Waals surface area contributed by atoms with Gasteiger partial charge in [0.1, 0.15) is 4.90 Å². The molecule has 0 spiro atoms. The molecule has 1 amide bonds. The number of rotatable bonds is 6. The van der Waals surface area contributed by atoms with Crippen LogP contribution in [0.3, 0.4) is 0 Å². The van der Waals surface area contributed by atoms with E-state index in [1.165, 1.54) is 18.2 Å². The van der Waals surface area contributed by atoms with E-state index in [0.717, 1.165) is 0 Å². The number of amides is 1. The van der Waals surface area contributed by atoms with Crippen molar-refractivity contribution in [1.29, 1.82) is 0 Å². The topological polar surface area (TPSA) is 101 Å². The van der Waals surface area contributed by atoms with Crippen LogP contribution in [0.5, 0.6) is 0 Å². The van der Waals surface area contributed by atoms with Crippen molar-refractivity contribution in [2.24, 2.45) is 0 Å². The van der Waals surface area contributed by atoms with E-state index < -0.39 is 10.0 Å². The number of hydrogen-bond donors (Lipinski definition) is 3. The zero-order valence-corrected chi connectivity index (χ0v) is 12.9. The largest absolute Gasteiger partial charge is 0.399 e. The molecule has 6 nitrogen and oxygen atoms in total. The Hall–Kier alpha value is -1.31. The maximum Gasteiger partial charge on any atom is 0.242 e. The van der Waals surface area contributed by atoms with Crippen LogP contribution in [-0.2, 0) is 14.8 Å². The summed E-state index contributed by atoms with van der Waals surface area (Å²) in [5.74, 6) is -0.217. The van der Waals surface area contributed by atoms with Gasteiger partial charge in [-0.05, 0) is 32.0 Å². The van der Waals surface area contributed by atoms with Gasteiger partial charge in [-0.25, -0.2) is 13.1 Å². The Bertz CT molecular complexity index is 588. The van der Waals surface area contributed by atoms with E-state index in [-0.39, 0.29) is 34.8 Å². The molecule has 8 heteroatoms. The maximum atomic E-state index is 12.0. The molecular formula is C12H18ClN3O3S. The maximum absolute atomic E-state index is 12.0. The molecular weight excluding hydrogens is 302 g/mol. The van der Waals surface area contributed by atoms with E-state index >= 15 is 0 Å². The van der Waals surface area contributed by atoms with Crippen LogP contribution in [-0.4, -0.2) is 26.9 Å². The number of anilines is 1. The van der Waals surface area contributed by atoms with Crippen molar-refractivity contribution in [3.8, 4) is 0 Å². The molecule has 4 N–H and O–H groups in total. The SMILES string of the molecule is CC(C)NC(=O)CCNS(=O)(=O)c1ccc(N)cc1Cl. The Morgan fingerprint density at radius 2 is 2.05 bits per heavy atom. The van der Waals surface area contributed by atoms with Gasteiger partial charge >= 0.3 is 0 Å². The van der Waals surface area contributed by atoms with Gasteiger partial charge in [-0.3, -0.25) is 4.79 Å². The molecule has 1 rings (SSSR count).